The fraction of sp³-hybridized carbons (Fsp3) is 0.300. The maximum atomic E-state index is 12.8. The maximum Gasteiger partial charge on any atom is 0.323 e. The second kappa shape index (κ2) is 8.81. The summed E-state index contributed by atoms with van der Waals surface area (Å²) in [5.41, 5.74) is 0.812. The van der Waals surface area contributed by atoms with Crippen molar-refractivity contribution in [2.75, 3.05) is 6.54 Å². The molecule has 0 spiro atoms. The summed E-state index contributed by atoms with van der Waals surface area (Å²) in [6.45, 7) is 3.18. The van der Waals surface area contributed by atoms with Gasteiger partial charge < -0.3 is 10.0 Å². The van der Waals surface area contributed by atoms with E-state index in [1.807, 2.05) is 6.92 Å². The van der Waals surface area contributed by atoms with Gasteiger partial charge in [0.15, 0.2) is 9.84 Å². The van der Waals surface area contributed by atoms with E-state index in [1.165, 1.54) is 29.2 Å². The first-order valence-electron chi connectivity index (χ1n) is 8.64. The predicted octanol–water partition coefficient (Wildman–Crippen LogP) is 2.99. The summed E-state index contributed by atoms with van der Waals surface area (Å²) in [4.78, 5) is 25.2. The molecule has 0 aliphatic carbocycles. The van der Waals surface area contributed by atoms with E-state index in [0.29, 0.717) is 12.0 Å². The second-order valence-corrected chi connectivity index (χ2v) is 8.35. The summed E-state index contributed by atoms with van der Waals surface area (Å²) in [5.74, 6) is -1.78. The topological polar surface area (TPSA) is 91.8 Å². The van der Waals surface area contributed by atoms with Crippen LogP contribution in [0.1, 0.15) is 36.2 Å². The summed E-state index contributed by atoms with van der Waals surface area (Å²) in [7, 11) is -3.63. The Kier molecular flexibility index (Phi) is 6.74. The van der Waals surface area contributed by atoms with Crippen molar-refractivity contribution in [1.82, 2.24) is 4.90 Å². The Morgan fingerprint density at radius 2 is 1.74 bits per heavy atom. The maximum absolute atomic E-state index is 12.8. The van der Waals surface area contributed by atoms with Crippen LogP contribution < -0.4 is 0 Å². The van der Waals surface area contributed by atoms with Crippen molar-refractivity contribution >= 4 is 21.7 Å². The first-order chi connectivity index (χ1) is 12.7. The number of hydrogen-bond donors (Lipinski definition) is 1. The summed E-state index contributed by atoms with van der Waals surface area (Å²) in [5, 5.41) is 9.08. The number of carboxylic acids is 1. The zero-order chi connectivity index (χ0) is 20.0. The average molecular weight is 389 g/mol. The molecule has 144 valence electrons. The highest BCUT2D eigenvalue weighted by Gasteiger charge is 2.24. The molecule has 2 aromatic rings. The van der Waals surface area contributed by atoms with Crippen LogP contribution in [0.5, 0.6) is 0 Å². The SMILES string of the molecule is CCC(C)N(CC(=O)O)C(=O)c1cccc(S(=O)(=O)Cc2ccccc2)c1. The van der Waals surface area contributed by atoms with E-state index >= 15 is 0 Å². The van der Waals surface area contributed by atoms with Crippen LogP contribution in [0.3, 0.4) is 0 Å². The molecule has 27 heavy (non-hydrogen) atoms. The van der Waals surface area contributed by atoms with Crippen molar-refractivity contribution in [3.63, 3.8) is 0 Å². The van der Waals surface area contributed by atoms with E-state index in [1.54, 1.807) is 37.3 Å². The molecule has 0 aliphatic heterocycles. The lowest BCUT2D eigenvalue weighted by Crippen LogP contribution is -2.41. The van der Waals surface area contributed by atoms with Gasteiger partial charge in [-0.25, -0.2) is 8.42 Å². The number of aliphatic carboxylic acids is 1. The molecule has 0 bridgehead atoms. The highest BCUT2D eigenvalue weighted by Crippen LogP contribution is 2.19. The van der Waals surface area contributed by atoms with Gasteiger partial charge in [0.2, 0.25) is 0 Å². The lowest BCUT2D eigenvalue weighted by molar-refractivity contribution is -0.138. The molecule has 2 aromatic carbocycles. The first kappa shape index (κ1) is 20.6. The van der Waals surface area contributed by atoms with Crippen molar-refractivity contribution in [3.8, 4) is 0 Å². The van der Waals surface area contributed by atoms with Crippen LogP contribution in [-0.2, 0) is 20.4 Å². The van der Waals surface area contributed by atoms with Crippen LogP contribution in [0.25, 0.3) is 0 Å². The molecule has 2 rings (SSSR count). The summed E-state index contributed by atoms with van der Waals surface area (Å²) >= 11 is 0. The third-order valence-corrected chi connectivity index (χ3v) is 6.01. The number of rotatable bonds is 8. The zero-order valence-corrected chi connectivity index (χ0v) is 16.1. The third kappa shape index (κ3) is 5.40. The third-order valence-electron chi connectivity index (χ3n) is 4.33. The monoisotopic (exact) mass is 389 g/mol. The number of nitrogens with zero attached hydrogens (tertiary/aromatic N) is 1. The Hall–Kier alpha value is -2.67. The molecule has 0 fully saturated rings. The van der Waals surface area contributed by atoms with Crippen molar-refractivity contribution in [3.05, 3.63) is 65.7 Å². The van der Waals surface area contributed by atoms with Crippen LogP contribution >= 0.6 is 0 Å². The summed E-state index contributed by atoms with van der Waals surface area (Å²) < 4.78 is 25.4. The molecular weight excluding hydrogens is 366 g/mol. The highest BCUT2D eigenvalue weighted by atomic mass is 32.2. The number of benzene rings is 2. The van der Waals surface area contributed by atoms with Gasteiger partial charge in [0.05, 0.1) is 10.6 Å². The smallest absolute Gasteiger partial charge is 0.323 e. The molecule has 1 N–H and O–H groups in total. The van der Waals surface area contributed by atoms with Gasteiger partial charge in [-0.15, -0.1) is 0 Å². The van der Waals surface area contributed by atoms with Gasteiger partial charge in [-0.1, -0.05) is 43.3 Å². The largest absolute Gasteiger partial charge is 0.480 e. The van der Waals surface area contributed by atoms with Gasteiger partial charge in [0.25, 0.3) is 5.91 Å². The van der Waals surface area contributed by atoms with Crippen LogP contribution in [0, 0.1) is 0 Å². The minimum Gasteiger partial charge on any atom is -0.480 e. The van der Waals surface area contributed by atoms with E-state index in [0.717, 1.165) is 0 Å². The molecule has 0 aromatic heterocycles. The van der Waals surface area contributed by atoms with E-state index in [2.05, 4.69) is 0 Å². The Bertz CT molecular complexity index is 909. The van der Waals surface area contributed by atoms with Crippen LogP contribution in [-0.4, -0.2) is 42.9 Å². The Morgan fingerprint density at radius 3 is 2.33 bits per heavy atom. The molecule has 7 heteroatoms. The van der Waals surface area contributed by atoms with E-state index in [9.17, 15) is 18.0 Å². The molecule has 1 unspecified atom stereocenters. The molecule has 6 nitrogen and oxygen atoms in total. The van der Waals surface area contributed by atoms with Crippen molar-refractivity contribution < 1.29 is 23.1 Å². The van der Waals surface area contributed by atoms with Crippen molar-refractivity contribution in [1.29, 1.82) is 0 Å². The number of carbonyl (C=O) groups is 2. The normalized spacial score (nSPS) is 12.4. The summed E-state index contributed by atoms with van der Waals surface area (Å²) in [6, 6.07) is 14.3. The molecule has 0 aliphatic rings. The number of amides is 1. The summed E-state index contributed by atoms with van der Waals surface area (Å²) in [6.07, 6.45) is 0.588. The van der Waals surface area contributed by atoms with Crippen LogP contribution in [0.15, 0.2) is 59.5 Å². The lowest BCUT2D eigenvalue weighted by atomic mass is 10.1. The average Bonchev–Trinajstić information content (AvgIpc) is 2.65. The number of carboxylic acid groups (broad SMARTS) is 1. The zero-order valence-electron chi connectivity index (χ0n) is 15.3. The highest BCUT2D eigenvalue weighted by molar-refractivity contribution is 7.90. The van der Waals surface area contributed by atoms with Crippen LogP contribution in [0.2, 0.25) is 0 Å². The minimum atomic E-state index is -3.63. The molecular formula is C20H23NO5S. The Balaban J connectivity index is 2.32. The van der Waals surface area contributed by atoms with Gasteiger partial charge in [-0.05, 0) is 37.1 Å². The van der Waals surface area contributed by atoms with E-state index in [4.69, 9.17) is 5.11 Å². The fourth-order valence-corrected chi connectivity index (χ4v) is 4.05. The van der Waals surface area contributed by atoms with E-state index in [-0.39, 0.29) is 22.3 Å². The van der Waals surface area contributed by atoms with Gasteiger partial charge in [-0.3, -0.25) is 9.59 Å². The standard InChI is InChI=1S/C20H23NO5S/c1-3-15(2)21(13-19(22)23)20(24)17-10-7-11-18(12-17)27(25,26)14-16-8-5-4-6-9-16/h4-12,15H,3,13-14H2,1-2H3,(H,22,23). The van der Waals surface area contributed by atoms with Crippen molar-refractivity contribution in [2.45, 2.75) is 37.0 Å². The fourth-order valence-electron chi connectivity index (χ4n) is 2.66. The molecule has 0 radical (unpaired) electrons. The van der Waals surface area contributed by atoms with Gasteiger partial charge in [0.1, 0.15) is 6.54 Å². The molecule has 0 saturated carbocycles. The molecule has 1 atom stereocenters. The predicted molar refractivity (Wildman–Crippen MR) is 102 cm³/mol. The quantitative estimate of drug-likeness (QED) is 0.749. The number of carbonyl (C=O) groups excluding carboxylic acids is 1. The van der Waals surface area contributed by atoms with E-state index < -0.39 is 28.3 Å². The Labute approximate surface area is 159 Å². The first-order valence-corrected chi connectivity index (χ1v) is 10.3. The minimum absolute atomic E-state index is 0.0385. The molecule has 0 saturated heterocycles. The Morgan fingerprint density at radius 1 is 1.07 bits per heavy atom. The van der Waals surface area contributed by atoms with Crippen LogP contribution in [0.4, 0.5) is 0 Å². The number of sulfone groups is 1. The van der Waals surface area contributed by atoms with Gasteiger partial charge >= 0.3 is 5.97 Å². The number of hydrogen-bond acceptors (Lipinski definition) is 4. The molecule has 1 amide bonds. The van der Waals surface area contributed by atoms with Crippen molar-refractivity contribution in [2.24, 2.45) is 0 Å². The molecule has 0 heterocycles. The van der Waals surface area contributed by atoms with Gasteiger partial charge in [-0.2, -0.15) is 0 Å². The lowest BCUT2D eigenvalue weighted by Gasteiger charge is -2.27. The second-order valence-electron chi connectivity index (χ2n) is 6.36. The van der Waals surface area contributed by atoms with Gasteiger partial charge in [0, 0.05) is 11.6 Å².